The Kier molecular flexibility index (Phi) is 7.65. The lowest BCUT2D eigenvalue weighted by Gasteiger charge is -2.30. The number of hydrogen-bond acceptors (Lipinski definition) is 9. The molecule has 0 aliphatic carbocycles. The highest BCUT2D eigenvalue weighted by molar-refractivity contribution is 8.00. The third kappa shape index (κ3) is 5.32. The van der Waals surface area contributed by atoms with E-state index in [4.69, 9.17) is 9.88 Å². The van der Waals surface area contributed by atoms with Gasteiger partial charge in [-0.1, -0.05) is 35.2 Å². The Balaban J connectivity index is 1.36. The Morgan fingerprint density at radius 2 is 1.64 bits per heavy atom. The number of nitrogens with two attached hydrogens (primary N) is 1. The van der Waals surface area contributed by atoms with E-state index in [1.807, 2.05) is 0 Å². The van der Waals surface area contributed by atoms with E-state index in [9.17, 15) is 32.0 Å². The number of primary sulfonamides is 1. The maximum atomic E-state index is 13.9. The molecule has 226 valence electrons. The van der Waals surface area contributed by atoms with E-state index in [0.717, 1.165) is 28.0 Å². The predicted octanol–water partition coefficient (Wildman–Crippen LogP) is 3.14. The van der Waals surface area contributed by atoms with E-state index in [1.54, 1.807) is 24.3 Å². The largest absolute Gasteiger partial charge is 0.497 e. The summed E-state index contributed by atoms with van der Waals surface area (Å²) < 4.78 is 43.4. The topological polar surface area (TPSA) is 158 Å². The summed E-state index contributed by atoms with van der Waals surface area (Å²) in [5.41, 5.74) is 1.19. The molecule has 3 heterocycles. The van der Waals surface area contributed by atoms with E-state index in [0.29, 0.717) is 26.9 Å². The molecule has 1 aromatic heterocycles. The van der Waals surface area contributed by atoms with Gasteiger partial charge in [-0.3, -0.25) is 23.7 Å². The van der Waals surface area contributed by atoms with Crippen LogP contribution in [-0.2, 0) is 31.0 Å². The van der Waals surface area contributed by atoms with Gasteiger partial charge in [-0.2, -0.15) is 0 Å². The number of amides is 3. The first-order valence-electron chi connectivity index (χ1n) is 13.1. The first-order chi connectivity index (χ1) is 21.0. The fraction of sp³-hybridized carbons (Fsp3) is 0.172. The second-order valence-corrected chi connectivity index (χ2v) is 13.7. The van der Waals surface area contributed by atoms with Crippen LogP contribution in [0.25, 0.3) is 0 Å². The summed E-state index contributed by atoms with van der Waals surface area (Å²) in [4.78, 5) is 55.0. The van der Waals surface area contributed by atoms with Crippen molar-refractivity contribution < 1.29 is 31.9 Å². The molecule has 1 saturated heterocycles. The van der Waals surface area contributed by atoms with Crippen LogP contribution in [-0.4, -0.2) is 43.1 Å². The molecule has 2 aliphatic heterocycles. The van der Waals surface area contributed by atoms with Crippen molar-refractivity contribution in [3.05, 3.63) is 98.7 Å². The first kappa shape index (κ1) is 29.7. The molecule has 3 unspecified atom stereocenters. The molecule has 0 saturated carbocycles. The van der Waals surface area contributed by atoms with Gasteiger partial charge in [-0.05, 0) is 66.2 Å². The number of aromatic nitrogens is 1. The quantitative estimate of drug-likeness (QED) is 0.288. The number of anilines is 2. The van der Waals surface area contributed by atoms with Crippen LogP contribution >= 0.6 is 23.1 Å². The van der Waals surface area contributed by atoms with Crippen LogP contribution in [0.2, 0.25) is 0 Å². The van der Waals surface area contributed by atoms with Gasteiger partial charge in [0.25, 0.3) is 0 Å². The smallest absolute Gasteiger partial charge is 0.308 e. The average molecular weight is 655 g/mol. The summed E-state index contributed by atoms with van der Waals surface area (Å²) in [6.45, 7) is -0.410. The SMILES string of the molecule is COc1ccc(N2C(=O)C3Sc4c(sc(=O)n4CC(=O)Nc4ccc(S(N)(=O)=O)cc4)C(c4ccc(F)cc4)C3C2=O)cc1. The molecule has 1 fully saturated rings. The van der Waals surface area contributed by atoms with E-state index in [2.05, 4.69) is 5.32 Å². The zero-order valence-corrected chi connectivity index (χ0v) is 25.2. The number of ether oxygens (including phenoxy) is 1. The molecule has 3 atom stereocenters. The summed E-state index contributed by atoms with van der Waals surface area (Å²) in [5.74, 6) is -3.07. The average Bonchev–Trinajstić information content (AvgIpc) is 3.43. The van der Waals surface area contributed by atoms with Crippen LogP contribution in [0.3, 0.4) is 0 Å². The molecule has 15 heteroatoms. The number of carbonyl (C=O) groups is 3. The minimum absolute atomic E-state index is 0.129. The van der Waals surface area contributed by atoms with Gasteiger partial charge < -0.3 is 10.1 Å². The van der Waals surface area contributed by atoms with Gasteiger partial charge in [-0.25, -0.2) is 22.8 Å². The molecule has 0 bridgehead atoms. The number of nitrogens with zero attached hydrogens (tertiary/aromatic N) is 2. The number of thiazole rings is 1. The maximum Gasteiger partial charge on any atom is 0.308 e. The Morgan fingerprint density at radius 1 is 0.977 bits per heavy atom. The minimum atomic E-state index is -3.92. The van der Waals surface area contributed by atoms with Crippen LogP contribution < -0.4 is 25.0 Å². The molecule has 0 radical (unpaired) electrons. The lowest BCUT2D eigenvalue weighted by atomic mass is 9.83. The number of methoxy groups -OCH3 is 1. The molecule has 3 aromatic carbocycles. The normalized spacial score (nSPS) is 19.4. The van der Waals surface area contributed by atoms with Crippen molar-refractivity contribution in [2.75, 3.05) is 17.3 Å². The molecule has 2 aliphatic rings. The second kappa shape index (κ2) is 11.3. The lowest BCUT2D eigenvalue weighted by molar-refractivity contribution is -0.122. The lowest BCUT2D eigenvalue weighted by Crippen LogP contribution is -2.33. The Labute approximate surface area is 258 Å². The van der Waals surface area contributed by atoms with E-state index < -0.39 is 62.1 Å². The molecule has 44 heavy (non-hydrogen) atoms. The van der Waals surface area contributed by atoms with Crippen LogP contribution in [0, 0.1) is 11.7 Å². The number of hydrogen-bond donors (Lipinski definition) is 2. The molecule has 4 aromatic rings. The minimum Gasteiger partial charge on any atom is -0.497 e. The summed E-state index contributed by atoms with van der Waals surface area (Å²) in [7, 11) is -2.42. The highest BCUT2D eigenvalue weighted by Gasteiger charge is 2.56. The summed E-state index contributed by atoms with van der Waals surface area (Å²) in [6.07, 6.45) is 0. The molecule has 3 N–H and O–H groups in total. The summed E-state index contributed by atoms with van der Waals surface area (Å²) in [6, 6.07) is 17.3. The molecule has 0 spiro atoms. The van der Waals surface area contributed by atoms with Gasteiger partial charge in [0, 0.05) is 16.5 Å². The molecular weight excluding hydrogens is 632 g/mol. The van der Waals surface area contributed by atoms with Crippen molar-refractivity contribution in [2.24, 2.45) is 11.1 Å². The van der Waals surface area contributed by atoms with Gasteiger partial charge in [0.15, 0.2) is 0 Å². The number of nitrogens with one attached hydrogen (secondary N) is 1. The number of rotatable bonds is 7. The number of benzene rings is 3. The van der Waals surface area contributed by atoms with E-state index in [1.165, 1.54) is 60.2 Å². The number of halogens is 1. The fourth-order valence-corrected chi connectivity index (χ4v) is 8.63. The van der Waals surface area contributed by atoms with Crippen molar-refractivity contribution in [2.45, 2.75) is 27.6 Å². The zero-order valence-electron chi connectivity index (χ0n) is 22.8. The van der Waals surface area contributed by atoms with Gasteiger partial charge in [0.05, 0.1) is 28.6 Å². The highest BCUT2D eigenvalue weighted by Crippen LogP contribution is 2.53. The zero-order chi connectivity index (χ0) is 31.3. The maximum absolute atomic E-state index is 13.9. The second-order valence-electron chi connectivity index (χ2n) is 10.0. The van der Waals surface area contributed by atoms with Crippen LogP contribution in [0.1, 0.15) is 16.4 Å². The van der Waals surface area contributed by atoms with Crippen molar-refractivity contribution in [3.8, 4) is 5.75 Å². The number of carbonyl (C=O) groups excluding carboxylic acids is 3. The van der Waals surface area contributed by atoms with Crippen LogP contribution in [0.15, 0.2) is 87.5 Å². The van der Waals surface area contributed by atoms with Crippen molar-refractivity contribution in [1.82, 2.24) is 4.57 Å². The Hall–Kier alpha value is -4.31. The van der Waals surface area contributed by atoms with E-state index >= 15 is 0 Å². The fourth-order valence-electron chi connectivity index (χ4n) is 5.34. The van der Waals surface area contributed by atoms with Gasteiger partial charge >= 0.3 is 4.87 Å². The third-order valence-electron chi connectivity index (χ3n) is 7.38. The van der Waals surface area contributed by atoms with Crippen molar-refractivity contribution in [3.63, 3.8) is 0 Å². The molecular formula is C29H23FN4O7S3. The number of fused-ring (bicyclic) bond motifs is 2. The Morgan fingerprint density at radius 3 is 2.25 bits per heavy atom. The van der Waals surface area contributed by atoms with Gasteiger partial charge in [0.2, 0.25) is 27.7 Å². The molecule has 3 amide bonds. The number of imide groups is 1. The third-order valence-corrected chi connectivity index (χ3v) is 10.9. The van der Waals surface area contributed by atoms with Crippen molar-refractivity contribution >= 4 is 62.2 Å². The first-order valence-corrected chi connectivity index (χ1v) is 16.3. The number of thioether (sulfide) groups is 1. The molecule has 6 rings (SSSR count). The molecule has 11 nitrogen and oxygen atoms in total. The standard InChI is InChI=1S/C29H23FN4O7S3/c1-41-19-10-8-18(9-11-19)34-26(36)23-22(15-2-4-16(30)5-3-15)25-28(42-24(23)27(34)37)33(29(38)43-25)14-21(35)32-17-6-12-20(13-7-17)44(31,39)40/h2-13,22-24H,14H2,1H3,(H,32,35)(H2,31,39,40). The number of sulfonamides is 1. The highest BCUT2D eigenvalue weighted by atomic mass is 32.2. The van der Waals surface area contributed by atoms with Gasteiger partial charge in [0.1, 0.15) is 23.4 Å². The van der Waals surface area contributed by atoms with Crippen molar-refractivity contribution in [1.29, 1.82) is 0 Å². The predicted molar refractivity (Wildman–Crippen MR) is 162 cm³/mol. The van der Waals surface area contributed by atoms with Gasteiger partial charge in [-0.15, -0.1) is 0 Å². The Bertz CT molecular complexity index is 1960. The summed E-state index contributed by atoms with van der Waals surface area (Å²) in [5, 5.41) is 7.20. The van der Waals surface area contributed by atoms with E-state index in [-0.39, 0.29) is 10.6 Å². The van der Waals surface area contributed by atoms with Crippen LogP contribution in [0.4, 0.5) is 15.8 Å². The monoisotopic (exact) mass is 654 g/mol. The summed E-state index contributed by atoms with van der Waals surface area (Å²) >= 11 is 1.91. The van der Waals surface area contributed by atoms with Crippen LogP contribution in [0.5, 0.6) is 5.75 Å².